The molecule has 2 aromatic heterocycles. The Morgan fingerprint density at radius 2 is 1.92 bits per heavy atom. The van der Waals surface area contributed by atoms with E-state index in [1.807, 2.05) is 0 Å². The highest BCUT2D eigenvalue weighted by Gasteiger charge is 2.30. The van der Waals surface area contributed by atoms with E-state index in [0.717, 1.165) is 17.7 Å². The van der Waals surface area contributed by atoms with Crippen molar-refractivity contribution in [3.63, 3.8) is 0 Å². The summed E-state index contributed by atoms with van der Waals surface area (Å²) in [7, 11) is 0. The number of pyridine rings is 1. The molecule has 6 nitrogen and oxygen atoms in total. The third kappa shape index (κ3) is 4.00. The van der Waals surface area contributed by atoms with Gasteiger partial charge in [0, 0.05) is 24.5 Å². The van der Waals surface area contributed by atoms with Crippen molar-refractivity contribution < 1.29 is 22.5 Å². The van der Waals surface area contributed by atoms with Gasteiger partial charge in [-0.1, -0.05) is 17.3 Å². The fraction of sp³-hybridized carbons (Fsp3) is 0.125. The van der Waals surface area contributed by atoms with Crippen molar-refractivity contribution in [2.45, 2.75) is 12.7 Å². The quantitative estimate of drug-likeness (QED) is 0.784. The summed E-state index contributed by atoms with van der Waals surface area (Å²) >= 11 is 0. The Morgan fingerprint density at radius 1 is 1.16 bits per heavy atom. The number of hydrogen-bond acceptors (Lipinski definition) is 5. The Bertz CT molecular complexity index is 878. The van der Waals surface area contributed by atoms with Crippen LogP contribution < -0.4 is 5.32 Å². The maximum Gasteiger partial charge on any atom is 0.416 e. The van der Waals surface area contributed by atoms with Crippen LogP contribution in [0.1, 0.15) is 21.8 Å². The first-order valence-corrected chi connectivity index (χ1v) is 7.12. The van der Waals surface area contributed by atoms with E-state index in [1.165, 1.54) is 12.1 Å². The van der Waals surface area contributed by atoms with E-state index in [1.54, 1.807) is 24.5 Å². The van der Waals surface area contributed by atoms with Gasteiger partial charge < -0.3 is 9.84 Å². The topological polar surface area (TPSA) is 80.9 Å². The standard InChI is InChI=1S/C16H11F3N4O2/c17-16(18,19)12-3-1-2-11(8-12)13-22-15(25-23-13)14(24)21-9-10-4-6-20-7-5-10/h1-8H,9H2,(H,21,24). The summed E-state index contributed by atoms with van der Waals surface area (Å²) in [5.41, 5.74) is 0.0891. The van der Waals surface area contributed by atoms with Gasteiger partial charge >= 0.3 is 18.0 Å². The molecule has 0 spiro atoms. The molecule has 0 unspecified atom stereocenters. The number of carbonyl (C=O) groups excluding carboxylic acids is 1. The lowest BCUT2D eigenvalue weighted by Gasteiger charge is -2.06. The number of benzene rings is 1. The van der Waals surface area contributed by atoms with Crippen molar-refractivity contribution in [1.82, 2.24) is 20.4 Å². The highest BCUT2D eigenvalue weighted by molar-refractivity contribution is 5.89. The average molecular weight is 348 g/mol. The van der Waals surface area contributed by atoms with Gasteiger partial charge in [-0.2, -0.15) is 18.2 Å². The lowest BCUT2D eigenvalue weighted by Crippen LogP contribution is -2.23. The van der Waals surface area contributed by atoms with E-state index < -0.39 is 17.6 Å². The fourth-order valence-electron chi connectivity index (χ4n) is 2.03. The molecule has 0 saturated heterocycles. The summed E-state index contributed by atoms with van der Waals surface area (Å²) in [4.78, 5) is 19.7. The van der Waals surface area contributed by atoms with E-state index in [2.05, 4.69) is 20.4 Å². The molecule has 0 saturated carbocycles. The van der Waals surface area contributed by atoms with Gasteiger partial charge in [-0.15, -0.1) is 0 Å². The second-order valence-electron chi connectivity index (χ2n) is 5.04. The lowest BCUT2D eigenvalue weighted by molar-refractivity contribution is -0.137. The van der Waals surface area contributed by atoms with Crippen LogP contribution in [0.3, 0.4) is 0 Å². The minimum absolute atomic E-state index is 0.0971. The minimum atomic E-state index is -4.48. The van der Waals surface area contributed by atoms with E-state index in [0.29, 0.717) is 0 Å². The predicted molar refractivity (Wildman–Crippen MR) is 80.1 cm³/mol. The number of halogens is 3. The molecular formula is C16H11F3N4O2. The molecule has 1 N–H and O–H groups in total. The smallest absolute Gasteiger partial charge is 0.344 e. The number of hydrogen-bond donors (Lipinski definition) is 1. The SMILES string of the molecule is O=C(NCc1ccncc1)c1nc(-c2cccc(C(F)(F)F)c2)no1. The van der Waals surface area contributed by atoms with Gasteiger partial charge in [0.1, 0.15) is 0 Å². The van der Waals surface area contributed by atoms with Crippen LogP contribution in [0.5, 0.6) is 0 Å². The Hall–Kier alpha value is -3.23. The summed E-state index contributed by atoms with van der Waals surface area (Å²) in [6.45, 7) is 0.225. The number of aromatic nitrogens is 3. The van der Waals surface area contributed by atoms with E-state index in [4.69, 9.17) is 4.52 Å². The lowest BCUT2D eigenvalue weighted by atomic mass is 10.1. The molecule has 9 heteroatoms. The first-order chi connectivity index (χ1) is 11.9. The third-order valence-electron chi connectivity index (χ3n) is 3.27. The highest BCUT2D eigenvalue weighted by Crippen LogP contribution is 2.31. The Balaban J connectivity index is 1.73. The van der Waals surface area contributed by atoms with Gasteiger partial charge in [-0.25, -0.2) is 0 Å². The summed E-state index contributed by atoms with van der Waals surface area (Å²) in [6.07, 6.45) is -1.32. The Kier molecular flexibility index (Phi) is 4.46. The molecule has 0 aliphatic rings. The van der Waals surface area contributed by atoms with Crippen LogP contribution in [0.25, 0.3) is 11.4 Å². The second-order valence-corrected chi connectivity index (χ2v) is 5.04. The van der Waals surface area contributed by atoms with Crippen molar-refractivity contribution in [2.75, 3.05) is 0 Å². The molecule has 0 aliphatic carbocycles. The maximum atomic E-state index is 12.7. The van der Waals surface area contributed by atoms with Crippen molar-refractivity contribution in [3.8, 4) is 11.4 Å². The van der Waals surface area contributed by atoms with Crippen LogP contribution in [-0.2, 0) is 12.7 Å². The molecule has 3 aromatic rings. The predicted octanol–water partition coefficient (Wildman–Crippen LogP) is 3.08. The number of alkyl halides is 3. The number of rotatable bonds is 4. The van der Waals surface area contributed by atoms with Crippen LogP contribution in [0.15, 0.2) is 53.3 Å². The highest BCUT2D eigenvalue weighted by atomic mass is 19.4. The van der Waals surface area contributed by atoms with Crippen LogP contribution in [0, 0.1) is 0 Å². The van der Waals surface area contributed by atoms with Crippen molar-refractivity contribution in [1.29, 1.82) is 0 Å². The fourth-order valence-corrected chi connectivity index (χ4v) is 2.03. The molecule has 3 rings (SSSR count). The Morgan fingerprint density at radius 3 is 2.64 bits per heavy atom. The molecular weight excluding hydrogens is 337 g/mol. The maximum absolute atomic E-state index is 12.7. The van der Waals surface area contributed by atoms with Crippen LogP contribution in [0.2, 0.25) is 0 Å². The number of nitrogens with zero attached hydrogens (tertiary/aromatic N) is 3. The van der Waals surface area contributed by atoms with Gasteiger partial charge in [0.15, 0.2) is 0 Å². The van der Waals surface area contributed by atoms with Crippen molar-refractivity contribution >= 4 is 5.91 Å². The van der Waals surface area contributed by atoms with Gasteiger partial charge in [0.2, 0.25) is 5.82 Å². The average Bonchev–Trinajstić information content (AvgIpc) is 3.10. The molecule has 1 aromatic carbocycles. The van der Waals surface area contributed by atoms with E-state index in [-0.39, 0.29) is 23.8 Å². The van der Waals surface area contributed by atoms with Crippen molar-refractivity contribution in [3.05, 3.63) is 65.8 Å². The van der Waals surface area contributed by atoms with Crippen LogP contribution in [-0.4, -0.2) is 21.0 Å². The van der Waals surface area contributed by atoms with Gasteiger partial charge in [-0.3, -0.25) is 9.78 Å². The normalized spacial score (nSPS) is 11.3. The first-order valence-electron chi connectivity index (χ1n) is 7.12. The molecule has 0 aliphatic heterocycles. The summed E-state index contributed by atoms with van der Waals surface area (Å²) < 4.78 is 43.1. The van der Waals surface area contributed by atoms with Gasteiger partial charge in [0.25, 0.3) is 0 Å². The number of nitrogens with one attached hydrogen (secondary N) is 1. The molecule has 0 fully saturated rings. The summed E-state index contributed by atoms with van der Waals surface area (Å²) in [6, 6.07) is 7.91. The van der Waals surface area contributed by atoms with E-state index in [9.17, 15) is 18.0 Å². The van der Waals surface area contributed by atoms with Crippen LogP contribution in [0.4, 0.5) is 13.2 Å². The molecule has 2 heterocycles. The first kappa shape index (κ1) is 16.6. The number of amides is 1. The molecule has 25 heavy (non-hydrogen) atoms. The Labute approximate surface area is 139 Å². The zero-order chi connectivity index (χ0) is 17.9. The second kappa shape index (κ2) is 6.71. The monoisotopic (exact) mass is 348 g/mol. The third-order valence-corrected chi connectivity index (χ3v) is 3.27. The summed E-state index contributed by atoms with van der Waals surface area (Å²) in [5.74, 6) is -1.05. The van der Waals surface area contributed by atoms with Gasteiger partial charge in [0.05, 0.1) is 5.56 Å². The minimum Gasteiger partial charge on any atom is -0.344 e. The molecule has 128 valence electrons. The van der Waals surface area contributed by atoms with Gasteiger partial charge in [-0.05, 0) is 29.8 Å². The molecule has 0 atom stereocenters. The largest absolute Gasteiger partial charge is 0.416 e. The number of carbonyl (C=O) groups is 1. The van der Waals surface area contributed by atoms with Crippen LogP contribution >= 0.6 is 0 Å². The van der Waals surface area contributed by atoms with E-state index >= 15 is 0 Å². The molecule has 1 amide bonds. The van der Waals surface area contributed by atoms with Crippen molar-refractivity contribution in [2.24, 2.45) is 0 Å². The zero-order valence-electron chi connectivity index (χ0n) is 12.6. The zero-order valence-corrected chi connectivity index (χ0v) is 12.6. The summed E-state index contributed by atoms with van der Waals surface area (Å²) in [5, 5.41) is 6.13. The molecule has 0 radical (unpaired) electrons. The molecule has 0 bridgehead atoms.